The standard InChI is InChI=1S/C19H26N4O2S/c1-13(2)16-11-23(12-17(16)22-26(4,24)25)18-10-14(3)20-19(21-18)15-8-6-5-7-9-15/h5-10,13,16-17,22H,11-12H2,1-4H3. The molecule has 0 amide bonds. The van der Waals surface area contributed by atoms with Crippen molar-refractivity contribution in [2.45, 2.75) is 26.8 Å². The van der Waals surface area contributed by atoms with Gasteiger partial charge in [-0.25, -0.2) is 23.1 Å². The van der Waals surface area contributed by atoms with Crippen molar-refractivity contribution in [3.05, 3.63) is 42.1 Å². The summed E-state index contributed by atoms with van der Waals surface area (Å²) in [6.07, 6.45) is 1.22. The Bertz CT molecular complexity index is 868. The average Bonchev–Trinajstić information content (AvgIpc) is 2.97. The summed E-state index contributed by atoms with van der Waals surface area (Å²) in [6.45, 7) is 7.60. The minimum atomic E-state index is -3.25. The number of hydrogen-bond donors (Lipinski definition) is 1. The predicted molar refractivity (Wildman–Crippen MR) is 105 cm³/mol. The molecular formula is C19H26N4O2S. The van der Waals surface area contributed by atoms with Crippen LogP contribution in [0.5, 0.6) is 0 Å². The van der Waals surface area contributed by atoms with Crippen LogP contribution in [0.25, 0.3) is 11.4 Å². The second kappa shape index (κ2) is 7.32. The molecule has 1 aliphatic heterocycles. The zero-order valence-electron chi connectivity index (χ0n) is 15.7. The van der Waals surface area contributed by atoms with Crippen molar-refractivity contribution in [3.63, 3.8) is 0 Å². The van der Waals surface area contributed by atoms with Crippen LogP contribution >= 0.6 is 0 Å². The van der Waals surface area contributed by atoms with E-state index in [0.717, 1.165) is 23.6 Å². The van der Waals surface area contributed by atoms with E-state index in [0.29, 0.717) is 18.3 Å². The Morgan fingerprint density at radius 1 is 1.15 bits per heavy atom. The second-order valence-corrected chi connectivity index (χ2v) is 9.15. The van der Waals surface area contributed by atoms with Gasteiger partial charge in [0, 0.05) is 36.5 Å². The lowest BCUT2D eigenvalue weighted by molar-refractivity contribution is 0.365. The number of nitrogens with one attached hydrogen (secondary N) is 1. The first-order valence-electron chi connectivity index (χ1n) is 8.86. The summed E-state index contributed by atoms with van der Waals surface area (Å²) in [5.41, 5.74) is 1.87. The number of nitrogens with zero attached hydrogens (tertiary/aromatic N) is 3. The van der Waals surface area contributed by atoms with Crippen molar-refractivity contribution in [2.24, 2.45) is 11.8 Å². The van der Waals surface area contributed by atoms with E-state index in [1.165, 1.54) is 6.26 Å². The zero-order chi connectivity index (χ0) is 18.9. The molecular weight excluding hydrogens is 348 g/mol. The van der Waals surface area contributed by atoms with Crippen LogP contribution in [0.4, 0.5) is 5.82 Å². The summed E-state index contributed by atoms with van der Waals surface area (Å²) in [6, 6.07) is 11.7. The molecule has 140 valence electrons. The van der Waals surface area contributed by atoms with Crippen molar-refractivity contribution in [1.82, 2.24) is 14.7 Å². The van der Waals surface area contributed by atoms with Gasteiger partial charge in [-0.1, -0.05) is 44.2 Å². The molecule has 26 heavy (non-hydrogen) atoms. The molecule has 2 aromatic rings. The fourth-order valence-corrected chi connectivity index (χ4v) is 4.32. The smallest absolute Gasteiger partial charge is 0.209 e. The number of aryl methyl sites for hydroxylation is 1. The highest BCUT2D eigenvalue weighted by atomic mass is 32.2. The maximum absolute atomic E-state index is 11.7. The lowest BCUT2D eigenvalue weighted by atomic mass is 9.92. The highest BCUT2D eigenvalue weighted by Crippen LogP contribution is 2.29. The first-order chi connectivity index (χ1) is 12.2. The van der Waals surface area contributed by atoms with Crippen LogP contribution in [0.3, 0.4) is 0 Å². The number of benzene rings is 1. The molecule has 2 unspecified atom stereocenters. The molecule has 0 saturated carbocycles. The normalized spacial score (nSPS) is 20.7. The third kappa shape index (κ3) is 4.40. The van der Waals surface area contributed by atoms with Crippen molar-refractivity contribution in [3.8, 4) is 11.4 Å². The molecule has 7 heteroatoms. The Labute approximate surface area is 155 Å². The van der Waals surface area contributed by atoms with Gasteiger partial charge < -0.3 is 4.90 Å². The Hall–Kier alpha value is -1.99. The molecule has 2 atom stereocenters. The first-order valence-corrected chi connectivity index (χ1v) is 10.8. The molecule has 1 aliphatic rings. The molecule has 1 fully saturated rings. The Morgan fingerprint density at radius 2 is 1.85 bits per heavy atom. The molecule has 0 aliphatic carbocycles. The third-order valence-corrected chi connectivity index (χ3v) is 5.51. The van der Waals surface area contributed by atoms with Gasteiger partial charge in [0.25, 0.3) is 0 Å². The van der Waals surface area contributed by atoms with Crippen molar-refractivity contribution in [1.29, 1.82) is 0 Å². The van der Waals surface area contributed by atoms with Crippen LogP contribution in [0, 0.1) is 18.8 Å². The fraction of sp³-hybridized carbons (Fsp3) is 0.474. The van der Waals surface area contributed by atoms with Crippen LogP contribution in [0.2, 0.25) is 0 Å². The highest BCUT2D eigenvalue weighted by Gasteiger charge is 2.37. The molecule has 1 aromatic carbocycles. The molecule has 0 spiro atoms. The zero-order valence-corrected chi connectivity index (χ0v) is 16.5. The van der Waals surface area contributed by atoms with Gasteiger partial charge in [-0.3, -0.25) is 0 Å². The Balaban J connectivity index is 1.90. The summed E-state index contributed by atoms with van der Waals surface area (Å²) in [4.78, 5) is 11.5. The van der Waals surface area contributed by atoms with E-state index >= 15 is 0 Å². The number of rotatable bonds is 5. The maximum Gasteiger partial charge on any atom is 0.209 e. The van der Waals surface area contributed by atoms with Gasteiger partial charge >= 0.3 is 0 Å². The predicted octanol–water partition coefficient (Wildman–Crippen LogP) is 2.46. The summed E-state index contributed by atoms with van der Waals surface area (Å²) < 4.78 is 26.3. The fourth-order valence-electron chi connectivity index (χ4n) is 3.52. The summed E-state index contributed by atoms with van der Waals surface area (Å²) in [5, 5.41) is 0. The molecule has 1 aromatic heterocycles. The first kappa shape index (κ1) is 18.8. The van der Waals surface area contributed by atoms with E-state index in [9.17, 15) is 8.42 Å². The summed E-state index contributed by atoms with van der Waals surface area (Å²) in [5.74, 6) is 2.15. The minimum absolute atomic E-state index is 0.111. The summed E-state index contributed by atoms with van der Waals surface area (Å²) in [7, 11) is -3.25. The van der Waals surface area contributed by atoms with E-state index in [2.05, 4.69) is 28.5 Å². The number of anilines is 1. The monoisotopic (exact) mass is 374 g/mol. The Kier molecular flexibility index (Phi) is 5.29. The SMILES string of the molecule is Cc1cc(N2CC(NS(C)(=O)=O)C(C(C)C)C2)nc(-c2ccccc2)n1. The molecule has 0 bridgehead atoms. The van der Waals surface area contributed by atoms with Gasteiger partial charge in [-0.05, 0) is 18.8 Å². The van der Waals surface area contributed by atoms with E-state index in [-0.39, 0.29) is 12.0 Å². The summed E-state index contributed by atoms with van der Waals surface area (Å²) >= 11 is 0. The van der Waals surface area contributed by atoms with E-state index in [1.807, 2.05) is 43.3 Å². The van der Waals surface area contributed by atoms with Crippen molar-refractivity contribution >= 4 is 15.8 Å². The highest BCUT2D eigenvalue weighted by molar-refractivity contribution is 7.88. The van der Waals surface area contributed by atoms with Gasteiger partial charge in [0.2, 0.25) is 10.0 Å². The van der Waals surface area contributed by atoms with Gasteiger partial charge in [0.05, 0.1) is 6.26 Å². The number of sulfonamides is 1. The van der Waals surface area contributed by atoms with Gasteiger partial charge in [0.15, 0.2) is 5.82 Å². The molecule has 1 saturated heterocycles. The van der Waals surface area contributed by atoms with Crippen LogP contribution in [-0.4, -0.2) is 43.8 Å². The Morgan fingerprint density at radius 3 is 2.46 bits per heavy atom. The van der Waals surface area contributed by atoms with Gasteiger partial charge in [-0.15, -0.1) is 0 Å². The van der Waals surface area contributed by atoms with Crippen molar-refractivity contribution < 1.29 is 8.42 Å². The lowest BCUT2D eigenvalue weighted by Crippen LogP contribution is -2.41. The minimum Gasteiger partial charge on any atom is -0.355 e. The van der Waals surface area contributed by atoms with Crippen LogP contribution < -0.4 is 9.62 Å². The van der Waals surface area contributed by atoms with Crippen LogP contribution in [-0.2, 0) is 10.0 Å². The van der Waals surface area contributed by atoms with E-state index < -0.39 is 10.0 Å². The van der Waals surface area contributed by atoms with Gasteiger partial charge in [0.1, 0.15) is 5.82 Å². The average molecular weight is 375 g/mol. The molecule has 0 radical (unpaired) electrons. The maximum atomic E-state index is 11.7. The van der Waals surface area contributed by atoms with E-state index in [1.54, 1.807) is 0 Å². The second-order valence-electron chi connectivity index (χ2n) is 7.37. The lowest BCUT2D eigenvalue weighted by Gasteiger charge is -2.21. The van der Waals surface area contributed by atoms with Crippen molar-refractivity contribution in [2.75, 3.05) is 24.2 Å². The molecule has 3 rings (SSSR count). The topological polar surface area (TPSA) is 75.2 Å². The molecule has 1 N–H and O–H groups in total. The molecule has 2 heterocycles. The largest absolute Gasteiger partial charge is 0.355 e. The number of aromatic nitrogens is 2. The van der Waals surface area contributed by atoms with Gasteiger partial charge in [-0.2, -0.15) is 0 Å². The van der Waals surface area contributed by atoms with Crippen LogP contribution in [0.1, 0.15) is 19.5 Å². The quantitative estimate of drug-likeness (QED) is 0.870. The molecule has 6 nitrogen and oxygen atoms in total. The third-order valence-electron chi connectivity index (χ3n) is 4.78. The number of hydrogen-bond acceptors (Lipinski definition) is 5. The van der Waals surface area contributed by atoms with E-state index in [4.69, 9.17) is 4.98 Å². The van der Waals surface area contributed by atoms with Crippen LogP contribution in [0.15, 0.2) is 36.4 Å².